The van der Waals surface area contributed by atoms with E-state index in [4.69, 9.17) is 0 Å². The smallest absolute Gasteiger partial charge is 0.0561 e. The molecule has 3 nitrogen and oxygen atoms in total. The molecule has 0 amide bonds. The quantitative estimate of drug-likeness (QED) is 0.167. The van der Waals surface area contributed by atoms with Gasteiger partial charge in [0.2, 0.25) is 0 Å². The third-order valence-electron chi connectivity index (χ3n) is 9.21. The summed E-state index contributed by atoms with van der Waals surface area (Å²) in [5.41, 5.74) is 8.95. The summed E-state index contributed by atoms with van der Waals surface area (Å²) >= 11 is 0. The molecule has 1 aromatic heterocycles. The summed E-state index contributed by atoms with van der Waals surface area (Å²) in [4.78, 5) is 9.19. The first-order valence-electron chi connectivity index (χ1n) is 16.3. The summed E-state index contributed by atoms with van der Waals surface area (Å²) in [6.45, 7) is 0. The minimum atomic E-state index is 1.11. The molecule has 3 heteroatoms. The molecule has 0 saturated carbocycles. The van der Waals surface area contributed by atoms with Crippen molar-refractivity contribution in [2.24, 2.45) is 0 Å². The Morgan fingerprint density at radius 1 is 0.354 bits per heavy atom. The van der Waals surface area contributed by atoms with Crippen molar-refractivity contribution in [3.8, 4) is 11.1 Å². The number of aromatic nitrogens is 1. The molecule has 48 heavy (non-hydrogen) atoms. The zero-order chi connectivity index (χ0) is 31.9. The van der Waals surface area contributed by atoms with Gasteiger partial charge in [0.1, 0.15) is 0 Å². The third kappa shape index (κ3) is 4.72. The lowest BCUT2D eigenvalue weighted by atomic mass is 9.89. The van der Waals surface area contributed by atoms with Gasteiger partial charge in [-0.15, -0.1) is 0 Å². The maximum Gasteiger partial charge on any atom is 0.0561 e. The topological polar surface area (TPSA) is 19.4 Å². The van der Waals surface area contributed by atoms with E-state index in [1.165, 1.54) is 37.9 Å². The molecule has 0 atom stereocenters. The third-order valence-corrected chi connectivity index (χ3v) is 9.21. The average molecular weight is 614 g/mol. The van der Waals surface area contributed by atoms with Crippen molar-refractivity contribution in [1.82, 2.24) is 4.98 Å². The van der Waals surface area contributed by atoms with E-state index in [9.17, 15) is 0 Å². The normalized spacial score (nSPS) is 11.3. The molecule has 0 N–H and O–H groups in total. The number of benzene rings is 8. The molecule has 0 unspecified atom stereocenters. The Balaban J connectivity index is 1.42. The van der Waals surface area contributed by atoms with Crippen molar-refractivity contribution >= 4 is 66.4 Å². The van der Waals surface area contributed by atoms with Gasteiger partial charge in [0.15, 0.2) is 0 Å². The van der Waals surface area contributed by atoms with Crippen LogP contribution in [-0.2, 0) is 0 Å². The van der Waals surface area contributed by atoms with Gasteiger partial charge in [-0.2, -0.15) is 0 Å². The maximum atomic E-state index is 4.41. The molecule has 9 aromatic rings. The second kappa shape index (κ2) is 11.7. The number of rotatable bonds is 7. The standard InChI is InChI=1S/C45H31N3/c1-5-15-36(16-6-1)47(37-17-7-2-8-18-37)42-30-43(48(38-19-9-3-10-20-38)39-21-11-4-12-22-39)41-26-24-33-29-35(34-14-13-27-46-31-34)28-32-23-25-40(42)45(41)44(32)33/h1-31H. The maximum absolute atomic E-state index is 4.41. The van der Waals surface area contributed by atoms with Crippen LogP contribution in [0.5, 0.6) is 0 Å². The molecular weight excluding hydrogens is 583 g/mol. The summed E-state index contributed by atoms with van der Waals surface area (Å²) in [5, 5.41) is 7.35. The molecule has 0 bridgehead atoms. The van der Waals surface area contributed by atoms with E-state index in [0.29, 0.717) is 0 Å². The fourth-order valence-electron chi connectivity index (χ4n) is 7.11. The van der Waals surface area contributed by atoms with Crippen LogP contribution >= 0.6 is 0 Å². The zero-order valence-electron chi connectivity index (χ0n) is 26.2. The SMILES string of the molecule is c1ccc(N(c2ccccc2)c2cc(N(c3ccccc3)c3ccccc3)c3ccc4cc(-c5cccnc5)cc5ccc2c3c54)cc1. The number of nitrogens with zero attached hydrogens (tertiary/aromatic N) is 3. The summed E-state index contributed by atoms with van der Waals surface area (Å²) in [6, 6.07) is 63.1. The van der Waals surface area contributed by atoms with E-state index in [-0.39, 0.29) is 0 Å². The minimum Gasteiger partial charge on any atom is -0.310 e. The molecule has 0 aliphatic rings. The van der Waals surface area contributed by atoms with Crippen molar-refractivity contribution in [3.05, 3.63) is 188 Å². The van der Waals surface area contributed by atoms with Crippen LogP contribution in [0.15, 0.2) is 188 Å². The Hall–Kier alpha value is -6.45. The zero-order valence-corrected chi connectivity index (χ0v) is 26.2. The second-order valence-electron chi connectivity index (χ2n) is 12.1. The summed E-state index contributed by atoms with van der Waals surface area (Å²) < 4.78 is 0. The van der Waals surface area contributed by atoms with Gasteiger partial charge in [-0.25, -0.2) is 0 Å². The van der Waals surface area contributed by atoms with Crippen LogP contribution < -0.4 is 9.80 Å². The molecule has 0 fully saturated rings. The van der Waals surface area contributed by atoms with Gasteiger partial charge in [-0.1, -0.05) is 103 Å². The van der Waals surface area contributed by atoms with Gasteiger partial charge in [0, 0.05) is 56.9 Å². The van der Waals surface area contributed by atoms with E-state index in [2.05, 4.69) is 185 Å². The van der Waals surface area contributed by atoms with Crippen LogP contribution in [0, 0.1) is 0 Å². The number of anilines is 6. The van der Waals surface area contributed by atoms with Crippen LogP contribution in [-0.4, -0.2) is 4.98 Å². The highest BCUT2D eigenvalue weighted by Gasteiger charge is 2.24. The van der Waals surface area contributed by atoms with Gasteiger partial charge in [-0.05, 0) is 94.5 Å². The lowest BCUT2D eigenvalue weighted by molar-refractivity contribution is 1.27. The number of hydrogen-bond donors (Lipinski definition) is 0. The van der Waals surface area contributed by atoms with Gasteiger partial charge < -0.3 is 9.80 Å². The largest absolute Gasteiger partial charge is 0.310 e. The molecule has 0 aliphatic carbocycles. The summed E-state index contributed by atoms with van der Waals surface area (Å²) in [6.07, 6.45) is 3.77. The van der Waals surface area contributed by atoms with E-state index < -0.39 is 0 Å². The summed E-state index contributed by atoms with van der Waals surface area (Å²) in [5.74, 6) is 0. The molecule has 9 rings (SSSR count). The molecule has 0 saturated heterocycles. The Labute approximate surface area is 279 Å². The van der Waals surface area contributed by atoms with E-state index >= 15 is 0 Å². The molecular formula is C45H31N3. The van der Waals surface area contributed by atoms with Crippen molar-refractivity contribution < 1.29 is 0 Å². The predicted octanol–water partition coefficient (Wildman–Crippen LogP) is 12.6. The van der Waals surface area contributed by atoms with Crippen molar-refractivity contribution in [1.29, 1.82) is 0 Å². The molecule has 226 valence electrons. The van der Waals surface area contributed by atoms with Gasteiger partial charge in [0.05, 0.1) is 11.4 Å². The number of pyridine rings is 1. The number of hydrogen-bond acceptors (Lipinski definition) is 3. The monoisotopic (exact) mass is 613 g/mol. The van der Waals surface area contributed by atoms with Crippen LogP contribution in [0.1, 0.15) is 0 Å². The Bertz CT molecular complexity index is 2250. The van der Waals surface area contributed by atoms with E-state index in [1.807, 2.05) is 18.5 Å². The van der Waals surface area contributed by atoms with Crippen molar-refractivity contribution in [2.75, 3.05) is 9.80 Å². The first-order valence-corrected chi connectivity index (χ1v) is 16.3. The first kappa shape index (κ1) is 27.8. The first-order chi connectivity index (χ1) is 23.8. The van der Waals surface area contributed by atoms with Crippen molar-refractivity contribution in [3.63, 3.8) is 0 Å². The fraction of sp³-hybridized carbons (Fsp3) is 0. The van der Waals surface area contributed by atoms with Crippen LogP contribution in [0.2, 0.25) is 0 Å². The van der Waals surface area contributed by atoms with Crippen LogP contribution in [0.4, 0.5) is 34.1 Å². The highest BCUT2D eigenvalue weighted by molar-refractivity contribution is 6.29. The Morgan fingerprint density at radius 3 is 1.19 bits per heavy atom. The second-order valence-corrected chi connectivity index (χ2v) is 12.1. The fourth-order valence-corrected chi connectivity index (χ4v) is 7.11. The van der Waals surface area contributed by atoms with E-state index in [1.54, 1.807) is 0 Å². The van der Waals surface area contributed by atoms with Crippen LogP contribution in [0.3, 0.4) is 0 Å². The number of para-hydroxylation sites is 4. The predicted molar refractivity (Wildman–Crippen MR) is 203 cm³/mol. The molecule has 0 radical (unpaired) electrons. The minimum absolute atomic E-state index is 1.11. The average Bonchev–Trinajstić information content (AvgIpc) is 3.16. The Kier molecular flexibility index (Phi) is 6.80. The van der Waals surface area contributed by atoms with E-state index in [0.717, 1.165) is 39.7 Å². The molecule has 0 spiro atoms. The Morgan fingerprint density at radius 2 is 0.792 bits per heavy atom. The van der Waals surface area contributed by atoms with Crippen molar-refractivity contribution in [2.45, 2.75) is 0 Å². The molecule has 0 aliphatic heterocycles. The lowest BCUT2D eigenvalue weighted by Gasteiger charge is -2.32. The van der Waals surface area contributed by atoms with Gasteiger partial charge >= 0.3 is 0 Å². The summed E-state index contributed by atoms with van der Waals surface area (Å²) in [7, 11) is 0. The highest BCUT2D eigenvalue weighted by Crippen LogP contribution is 2.50. The highest BCUT2D eigenvalue weighted by atomic mass is 15.2. The van der Waals surface area contributed by atoms with Gasteiger partial charge in [0.25, 0.3) is 0 Å². The lowest BCUT2D eigenvalue weighted by Crippen LogP contribution is -2.14. The molecule has 8 aromatic carbocycles. The van der Waals surface area contributed by atoms with Gasteiger partial charge in [-0.3, -0.25) is 4.98 Å². The molecule has 1 heterocycles. The van der Waals surface area contributed by atoms with Crippen LogP contribution in [0.25, 0.3) is 43.4 Å².